The number of benzene rings is 2. The molecule has 0 fully saturated rings. The van der Waals surface area contributed by atoms with Crippen molar-refractivity contribution < 1.29 is 4.79 Å². The van der Waals surface area contributed by atoms with Gasteiger partial charge in [0, 0.05) is 31.4 Å². The monoisotopic (exact) mass is 264 g/mol. The summed E-state index contributed by atoms with van der Waals surface area (Å²) >= 11 is 0. The number of aromatic amines is 1. The molecule has 100 valence electrons. The Hall–Kier alpha value is -2.55. The first-order chi connectivity index (χ1) is 9.66. The molecule has 3 heteroatoms. The molecule has 0 saturated heterocycles. The van der Waals surface area contributed by atoms with E-state index in [4.69, 9.17) is 0 Å². The van der Waals surface area contributed by atoms with Crippen molar-refractivity contribution in [2.45, 2.75) is 0 Å². The van der Waals surface area contributed by atoms with Crippen LogP contribution in [0, 0.1) is 0 Å². The van der Waals surface area contributed by atoms with E-state index in [0.717, 1.165) is 27.6 Å². The Morgan fingerprint density at radius 1 is 1.05 bits per heavy atom. The van der Waals surface area contributed by atoms with Crippen molar-refractivity contribution in [3.8, 4) is 11.1 Å². The van der Waals surface area contributed by atoms with E-state index in [1.807, 2.05) is 48.7 Å². The molecular weight excluding hydrogens is 248 g/mol. The van der Waals surface area contributed by atoms with E-state index in [9.17, 15) is 4.79 Å². The number of hydrogen-bond donors (Lipinski definition) is 1. The Labute approximate surface area is 117 Å². The molecule has 0 saturated carbocycles. The van der Waals surface area contributed by atoms with Gasteiger partial charge in [-0.1, -0.05) is 24.3 Å². The van der Waals surface area contributed by atoms with Crippen molar-refractivity contribution in [2.24, 2.45) is 0 Å². The SMILES string of the molecule is CN(C)C(=O)c1ccccc1-c1ccc2[nH]ccc2c1. The van der Waals surface area contributed by atoms with Gasteiger partial charge >= 0.3 is 0 Å². The standard InChI is InChI=1S/C17H16N2O/c1-19(2)17(20)15-6-4-3-5-14(15)12-7-8-16-13(11-12)9-10-18-16/h3-11,18H,1-2H3. The van der Waals surface area contributed by atoms with E-state index in [0.29, 0.717) is 0 Å². The highest BCUT2D eigenvalue weighted by molar-refractivity contribution is 6.01. The van der Waals surface area contributed by atoms with Crippen LogP contribution < -0.4 is 0 Å². The van der Waals surface area contributed by atoms with Crippen molar-refractivity contribution in [1.82, 2.24) is 9.88 Å². The van der Waals surface area contributed by atoms with Gasteiger partial charge in [-0.25, -0.2) is 0 Å². The Balaban J connectivity index is 2.16. The van der Waals surface area contributed by atoms with E-state index in [2.05, 4.69) is 11.1 Å². The molecule has 0 unspecified atom stereocenters. The average Bonchev–Trinajstić information content (AvgIpc) is 2.93. The lowest BCUT2D eigenvalue weighted by Gasteiger charge is -2.14. The van der Waals surface area contributed by atoms with Crippen LogP contribution >= 0.6 is 0 Å². The lowest BCUT2D eigenvalue weighted by molar-refractivity contribution is 0.0828. The molecule has 0 spiro atoms. The van der Waals surface area contributed by atoms with Gasteiger partial charge in [0.25, 0.3) is 5.91 Å². The topological polar surface area (TPSA) is 36.1 Å². The summed E-state index contributed by atoms with van der Waals surface area (Å²) in [5.74, 6) is 0.0229. The fraction of sp³-hybridized carbons (Fsp3) is 0.118. The maximum Gasteiger partial charge on any atom is 0.253 e. The number of fused-ring (bicyclic) bond motifs is 1. The molecule has 3 aromatic rings. The Morgan fingerprint density at radius 2 is 1.85 bits per heavy atom. The second kappa shape index (κ2) is 4.85. The number of hydrogen-bond acceptors (Lipinski definition) is 1. The molecule has 1 amide bonds. The van der Waals surface area contributed by atoms with Crippen molar-refractivity contribution >= 4 is 16.8 Å². The molecule has 1 heterocycles. The molecule has 0 radical (unpaired) electrons. The van der Waals surface area contributed by atoms with Crippen LogP contribution in [0.3, 0.4) is 0 Å². The van der Waals surface area contributed by atoms with Gasteiger partial charge in [0.15, 0.2) is 0 Å². The van der Waals surface area contributed by atoms with E-state index < -0.39 is 0 Å². The third-order valence-corrected chi connectivity index (χ3v) is 3.43. The van der Waals surface area contributed by atoms with Crippen LogP contribution in [-0.2, 0) is 0 Å². The van der Waals surface area contributed by atoms with Gasteiger partial charge in [0.2, 0.25) is 0 Å². The maximum atomic E-state index is 12.3. The van der Waals surface area contributed by atoms with Gasteiger partial charge in [0.05, 0.1) is 0 Å². The number of amides is 1. The largest absolute Gasteiger partial charge is 0.361 e. The van der Waals surface area contributed by atoms with Crippen LogP contribution in [0.2, 0.25) is 0 Å². The Kier molecular flexibility index (Phi) is 3.03. The average molecular weight is 264 g/mol. The number of rotatable bonds is 2. The quantitative estimate of drug-likeness (QED) is 0.755. The summed E-state index contributed by atoms with van der Waals surface area (Å²) in [5, 5.41) is 1.15. The molecule has 2 aromatic carbocycles. The zero-order valence-electron chi connectivity index (χ0n) is 11.6. The van der Waals surface area contributed by atoms with Crippen molar-refractivity contribution in [1.29, 1.82) is 0 Å². The number of carbonyl (C=O) groups is 1. The maximum absolute atomic E-state index is 12.3. The van der Waals surface area contributed by atoms with Gasteiger partial charge in [0.1, 0.15) is 0 Å². The summed E-state index contributed by atoms with van der Waals surface area (Å²) in [7, 11) is 3.54. The fourth-order valence-electron chi connectivity index (χ4n) is 2.38. The molecule has 0 bridgehead atoms. The first kappa shape index (κ1) is 12.5. The number of nitrogens with one attached hydrogen (secondary N) is 1. The lowest BCUT2D eigenvalue weighted by Crippen LogP contribution is -2.22. The molecule has 3 rings (SSSR count). The van der Waals surface area contributed by atoms with Crippen molar-refractivity contribution in [3.63, 3.8) is 0 Å². The third-order valence-electron chi connectivity index (χ3n) is 3.43. The molecular formula is C17H16N2O. The number of aromatic nitrogens is 1. The second-order valence-corrected chi connectivity index (χ2v) is 5.02. The van der Waals surface area contributed by atoms with Crippen molar-refractivity contribution in [3.05, 3.63) is 60.3 Å². The molecule has 0 aliphatic rings. The number of H-pyrrole nitrogens is 1. The predicted octanol–water partition coefficient (Wildman–Crippen LogP) is 3.54. The predicted molar refractivity (Wildman–Crippen MR) is 81.8 cm³/mol. The normalized spacial score (nSPS) is 10.7. The van der Waals surface area contributed by atoms with Crippen LogP contribution in [0.15, 0.2) is 54.7 Å². The van der Waals surface area contributed by atoms with Crippen LogP contribution in [0.5, 0.6) is 0 Å². The minimum Gasteiger partial charge on any atom is -0.361 e. The molecule has 0 atom stereocenters. The van der Waals surface area contributed by atoms with E-state index in [1.54, 1.807) is 19.0 Å². The third kappa shape index (κ3) is 2.07. The summed E-state index contributed by atoms with van der Waals surface area (Å²) in [6.07, 6.45) is 1.92. The summed E-state index contributed by atoms with van der Waals surface area (Å²) in [4.78, 5) is 17.1. The lowest BCUT2D eigenvalue weighted by atomic mass is 9.98. The fourth-order valence-corrected chi connectivity index (χ4v) is 2.38. The smallest absolute Gasteiger partial charge is 0.253 e. The first-order valence-electron chi connectivity index (χ1n) is 6.55. The van der Waals surface area contributed by atoms with Crippen LogP contribution in [-0.4, -0.2) is 29.9 Å². The van der Waals surface area contributed by atoms with Crippen LogP contribution in [0.25, 0.3) is 22.0 Å². The summed E-state index contributed by atoms with van der Waals surface area (Å²) in [6.45, 7) is 0. The van der Waals surface area contributed by atoms with Gasteiger partial charge in [-0.05, 0) is 40.8 Å². The molecule has 3 nitrogen and oxygen atoms in total. The van der Waals surface area contributed by atoms with Gasteiger partial charge in [-0.2, -0.15) is 0 Å². The highest BCUT2D eigenvalue weighted by Gasteiger charge is 2.14. The minimum absolute atomic E-state index is 0.0229. The van der Waals surface area contributed by atoms with E-state index in [1.165, 1.54) is 0 Å². The number of carbonyl (C=O) groups excluding carboxylic acids is 1. The zero-order valence-corrected chi connectivity index (χ0v) is 11.6. The summed E-state index contributed by atoms with van der Waals surface area (Å²) < 4.78 is 0. The molecule has 0 aliphatic carbocycles. The molecule has 20 heavy (non-hydrogen) atoms. The van der Waals surface area contributed by atoms with E-state index in [-0.39, 0.29) is 5.91 Å². The number of nitrogens with zero attached hydrogens (tertiary/aromatic N) is 1. The zero-order chi connectivity index (χ0) is 14.1. The molecule has 1 aromatic heterocycles. The van der Waals surface area contributed by atoms with E-state index >= 15 is 0 Å². The van der Waals surface area contributed by atoms with Gasteiger partial charge in [-0.15, -0.1) is 0 Å². The van der Waals surface area contributed by atoms with Crippen molar-refractivity contribution in [2.75, 3.05) is 14.1 Å². The highest BCUT2D eigenvalue weighted by Crippen LogP contribution is 2.27. The van der Waals surface area contributed by atoms with Gasteiger partial charge in [-0.3, -0.25) is 4.79 Å². The Morgan fingerprint density at radius 3 is 2.65 bits per heavy atom. The van der Waals surface area contributed by atoms with Gasteiger partial charge < -0.3 is 9.88 Å². The molecule has 1 N–H and O–H groups in total. The summed E-state index contributed by atoms with van der Waals surface area (Å²) in [6, 6.07) is 16.0. The van der Waals surface area contributed by atoms with Crippen LogP contribution in [0.4, 0.5) is 0 Å². The first-order valence-corrected chi connectivity index (χ1v) is 6.55. The highest BCUT2D eigenvalue weighted by atomic mass is 16.2. The Bertz CT molecular complexity index is 771. The minimum atomic E-state index is 0.0229. The van der Waals surface area contributed by atoms with Crippen LogP contribution in [0.1, 0.15) is 10.4 Å². The molecule has 0 aliphatic heterocycles. The summed E-state index contributed by atoms with van der Waals surface area (Å²) in [5.41, 5.74) is 3.86. The second-order valence-electron chi connectivity index (χ2n) is 5.02.